The minimum atomic E-state index is 0.146. The molecule has 0 rings (SSSR count). The third kappa shape index (κ3) is 14.1. The van der Waals surface area contributed by atoms with Crippen LogP contribution in [-0.4, -0.2) is 12.1 Å². The Hall–Kier alpha value is -0.0800. The maximum absolute atomic E-state index is 5.92. The van der Waals surface area contributed by atoms with Gasteiger partial charge in [-0.15, -0.1) is 0 Å². The third-order valence-corrected chi connectivity index (χ3v) is 4.07. The van der Waals surface area contributed by atoms with E-state index in [1.54, 1.807) is 0 Å². The van der Waals surface area contributed by atoms with Gasteiger partial charge in [0.1, 0.15) is 0 Å². The van der Waals surface area contributed by atoms with E-state index in [2.05, 4.69) is 6.92 Å². The molecule has 19 heavy (non-hydrogen) atoms. The van der Waals surface area contributed by atoms with Crippen molar-refractivity contribution in [2.24, 2.45) is 11.5 Å². The molecule has 2 nitrogen and oxygen atoms in total. The monoisotopic (exact) mass is 270 g/mol. The summed E-state index contributed by atoms with van der Waals surface area (Å²) in [5, 5.41) is 0. The minimum absolute atomic E-state index is 0.146. The fraction of sp³-hybridized carbons (Fsp3) is 1.00. The highest BCUT2D eigenvalue weighted by molar-refractivity contribution is 4.70. The quantitative estimate of drug-likeness (QED) is 0.447. The molecule has 0 saturated heterocycles. The van der Waals surface area contributed by atoms with Crippen LogP contribution in [0.3, 0.4) is 0 Å². The first-order chi connectivity index (χ1) is 9.18. The highest BCUT2D eigenvalue weighted by Gasteiger charge is 2.06. The zero-order valence-corrected chi connectivity index (χ0v) is 13.5. The lowest BCUT2D eigenvalue weighted by molar-refractivity contribution is 0.481. The van der Waals surface area contributed by atoms with Crippen LogP contribution in [0.2, 0.25) is 0 Å². The van der Waals surface area contributed by atoms with Gasteiger partial charge in [0.15, 0.2) is 0 Å². The number of hydrogen-bond acceptors (Lipinski definition) is 2. The average molecular weight is 271 g/mol. The Morgan fingerprint density at radius 1 is 0.632 bits per heavy atom. The van der Waals surface area contributed by atoms with Gasteiger partial charge < -0.3 is 11.5 Å². The number of unbranched alkanes of at least 4 members (excludes halogenated alkanes) is 11. The lowest BCUT2D eigenvalue weighted by atomic mass is 10.0. The molecule has 0 aromatic rings. The van der Waals surface area contributed by atoms with Crippen LogP contribution in [0.15, 0.2) is 0 Å². The van der Waals surface area contributed by atoms with Gasteiger partial charge in [-0.25, -0.2) is 0 Å². The molecule has 0 aliphatic rings. The summed E-state index contributed by atoms with van der Waals surface area (Å²) >= 11 is 0. The Morgan fingerprint density at radius 2 is 1.00 bits per heavy atom. The maximum Gasteiger partial charge on any atom is 0.0189 e. The predicted octanol–water partition coefficient (Wildman–Crippen LogP) is 4.75. The number of rotatable bonds is 14. The van der Waals surface area contributed by atoms with E-state index in [9.17, 15) is 0 Å². The first kappa shape index (κ1) is 18.9. The Balaban J connectivity index is 3.03. The highest BCUT2D eigenvalue weighted by atomic mass is 14.8. The van der Waals surface area contributed by atoms with Gasteiger partial charge in [-0.3, -0.25) is 0 Å². The van der Waals surface area contributed by atoms with Crippen molar-refractivity contribution in [1.82, 2.24) is 0 Å². The van der Waals surface area contributed by atoms with Crippen LogP contribution in [0.4, 0.5) is 0 Å². The van der Waals surface area contributed by atoms with Crippen molar-refractivity contribution in [1.29, 1.82) is 0 Å². The van der Waals surface area contributed by atoms with Crippen LogP contribution < -0.4 is 11.5 Å². The lowest BCUT2D eigenvalue weighted by Gasteiger charge is -2.14. The van der Waals surface area contributed by atoms with Gasteiger partial charge in [0.2, 0.25) is 0 Å². The van der Waals surface area contributed by atoms with E-state index in [-0.39, 0.29) is 12.1 Å². The molecular weight excluding hydrogens is 232 g/mol. The van der Waals surface area contributed by atoms with Crippen molar-refractivity contribution < 1.29 is 0 Å². The van der Waals surface area contributed by atoms with Gasteiger partial charge in [-0.05, 0) is 13.3 Å². The molecule has 116 valence electrons. The summed E-state index contributed by atoms with van der Waals surface area (Å²) in [4.78, 5) is 0. The van der Waals surface area contributed by atoms with Gasteiger partial charge in [0.05, 0.1) is 0 Å². The van der Waals surface area contributed by atoms with Gasteiger partial charge in [-0.1, -0.05) is 84.0 Å². The fourth-order valence-corrected chi connectivity index (χ4v) is 2.48. The predicted molar refractivity (Wildman–Crippen MR) is 87.3 cm³/mol. The van der Waals surface area contributed by atoms with Crippen LogP contribution >= 0.6 is 0 Å². The SMILES string of the molecule is CCCCCCCCCCCCCCC(N)C(C)N. The summed E-state index contributed by atoms with van der Waals surface area (Å²) in [5.41, 5.74) is 11.7. The molecule has 0 amide bonds. The normalized spacial score (nSPS) is 14.5. The van der Waals surface area contributed by atoms with Crippen molar-refractivity contribution in [3.63, 3.8) is 0 Å². The van der Waals surface area contributed by atoms with Gasteiger partial charge >= 0.3 is 0 Å². The largest absolute Gasteiger partial charge is 0.327 e. The molecule has 0 fully saturated rings. The summed E-state index contributed by atoms with van der Waals surface area (Å²) < 4.78 is 0. The summed E-state index contributed by atoms with van der Waals surface area (Å²) in [6.45, 7) is 4.28. The van der Waals surface area contributed by atoms with Crippen LogP contribution in [0.1, 0.15) is 97.3 Å². The number of hydrogen-bond donors (Lipinski definition) is 2. The molecule has 0 aromatic heterocycles. The molecule has 0 radical (unpaired) electrons. The second-order valence-electron chi connectivity index (χ2n) is 6.20. The van der Waals surface area contributed by atoms with E-state index in [0.29, 0.717) is 0 Å². The van der Waals surface area contributed by atoms with E-state index < -0.39 is 0 Å². The van der Waals surface area contributed by atoms with Gasteiger partial charge in [0, 0.05) is 12.1 Å². The maximum atomic E-state index is 5.92. The highest BCUT2D eigenvalue weighted by Crippen LogP contribution is 2.12. The molecule has 0 aliphatic heterocycles. The Labute approximate surface area is 121 Å². The average Bonchev–Trinajstić information content (AvgIpc) is 2.39. The van der Waals surface area contributed by atoms with E-state index in [4.69, 9.17) is 11.5 Å². The summed E-state index contributed by atoms with van der Waals surface area (Å²) in [5.74, 6) is 0. The zero-order valence-electron chi connectivity index (χ0n) is 13.5. The Morgan fingerprint density at radius 3 is 1.37 bits per heavy atom. The molecule has 0 bridgehead atoms. The zero-order chi connectivity index (χ0) is 14.3. The molecular formula is C17H38N2. The van der Waals surface area contributed by atoms with Gasteiger partial charge in [-0.2, -0.15) is 0 Å². The summed E-state index contributed by atoms with van der Waals surface area (Å²) in [6, 6.07) is 0.343. The van der Waals surface area contributed by atoms with Crippen LogP contribution in [0, 0.1) is 0 Å². The molecule has 0 spiro atoms. The van der Waals surface area contributed by atoms with Crippen molar-refractivity contribution in [2.75, 3.05) is 0 Å². The second-order valence-corrected chi connectivity index (χ2v) is 6.20. The van der Waals surface area contributed by atoms with Crippen LogP contribution in [0.25, 0.3) is 0 Å². The number of nitrogens with two attached hydrogens (primary N) is 2. The molecule has 0 aliphatic carbocycles. The fourth-order valence-electron chi connectivity index (χ4n) is 2.48. The lowest BCUT2D eigenvalue weighted by Crippen LogP contribution is -2.38. The first-order valence-electron chi connectivity index (χ1n) is 8.69. The Kier molecular flexibility index (Phi) is 14.3. The van der Waals surface area contributed by atoms with E-state index in [1.165, 1.54) is 77.0 Å². The summed E-state index contributed by atoms with van der Waals surface area (Å²) in [7, 11) is 0. The second kappa shape index (κ2) is 14.3. The van der Waals surface area contributed by atoms with Gasteiger partial charge in [0.25, 0.3) is 0 Å². The Bertz CT molecular complexity index is 169. The molecule has 2 atom stereocenters. The molecule has 2 unspecified atom stereocenters. The van der Waals surface area contributed by atoms with Crippen LogP contribution in [0.5, 0.6) is 0 Å². The van der Waals surface area contributed by atoms with E-state index in [1.807, 2.05) is 6.92 Å². The third-order valence-electron chi connectivity index (χ3n) is 4.07. The van der Waals surface area contributed by atoms with Crippen molar-refractivity contribution in [2.45, 2.75) is 109 Å². The van der Waals surface area contributed by atoms with Crippen molar-refractivity contribution >= 4 is 0 Å². The van der Waals surface area contributed by atoms with Crippen molar-refractivity contribution in [3.8, 4) is 0 Å². The van der Waals surface area contributed by atoms with Crippen molar-refractivity contribution in [3.05, 3.63) is 0 Å². The van der Waals surface area contributed by atoms with E-state index in [0.717, 1.165) is 6.42 Å². The molecule has 2 heteroatoms. The topological polar surface area (TPSA) is 52.0 Å². The molecule has 0 aromatic carbocycles. The molecule has 0 saturated carbocycles. The smallest absolute Gasteiger partial charge is 0.0189 e. The standard InChI is InChI=1S/C17H38N2/c1-3-4-5-6-7-8-9-10-11-12-13-14-15-17(19)16(2)18/h16-17H,3-15,18-19H2,1-2H3. The van der Waals surface area contributed by atoms with Crippen LogP contribution in [-0.2, 0) is 0 Å². The summed E-state index contributed by atoms with van der Waals surface area (Å²) in [6.07, 6.45) is 17.9. The first-order valence-corrected chi connectivity index (χ1v) is 8.69. The molecule has 0 heterocycles. The molecule has 4 N–H and O–H groups in total. The van der Waals surface area contributed by atoms with E-state index >= 15 is 0 Å². The minimum Gasteiger partial charge on any atom is -0.327 e.